The van der Waals surface area contributed by atoms with Crippen molar-refractivity contribution in [3.63, 3.8) is 0 Å². The second kappa shape index (κ2) is 11.5. The van der Waals surface area contributed by atoms with Gasteiger partial charge in [0.25, 0.3) is 0 Å². The first kappa shape index (κ1) is 31.4. The Morgan fingerprint density at radius 2 is 0.893 bits per heavy atom. The topological polar surface area (TPSA) is 13.1 Å². The van der Waals surface area contributed by atoms with Crippen LogP contribution in [0.3, 0.4) is 0 Å². The Hall–Kier alpha value is -6.96. The minimum atomic E-state index is -0.173. The van der Waals surface area contributed by atoms with Gasteiger partial charge in [-0.1, -0.05) is 172 Å². The number of hydrogen-bond donors (Lipinski definition) is 0. The predicted molar refractivity (Wildman–Crippen MR) is 238 cm³/mol. The molecular weight excluding hydrogens is 677 g/mol. The Bertz CT molecular complexity index is 3380. The molecule has 1 aliphatic rings. The Kier molecular flexibility index (Phi) is 6.46. The predicted octanol–water partition coefficient (Wildman–Crippen LogP) is 15.5. The summed E-state index contributed by atoms with van der Waals surface area (Å²) in [5.74, 6) is 0. The molecule has 0 saturated carbocycles. The third kappa shape index (κ3) is 4.31. The molecule has 1 heterocycles. The number of hydrogen-bond acceptors (Lipinski definition) is 1. The maximum Gasteiger partial charge on any atom is 0.136 e. The molecule has 0 aliphatic heterocycles. The van der Waals surface area contributed by atoms with Crippen LogP contribution in [0.1, 0.15) is 25.0 Å². The van der Waals surface area contributed by atoms with Crippen LogP contribution < -0.4 is 0 Å². The highest BCUT2D eigenvalue weighted by Crippen LogP contribution is 2.54. The van der Waals surface area contributed by atoms with E-state index in [0.717, 1.165) is 16.6 Å². The fourth-order valence-corrected chi connectivity index (χ4v) is 10.1. The Labute approximate surface area is 325 Å². The summed E-state index contributed by atoms with van der Waals surface area (Å²) in [6.07, 6.45) is 0. The molecule has 0 radical (unpaired) electrons. The summed E-state index contributed by atoms with van der Waals surface area (Å²) >= 11 is 0. The summed E-state index contributed by atoms with van der Waals surface area (Å²) in [5, 5.41) is 12.4. The average Bonchev–Trinajstić information content (AvgIpc) is 3.72. The summed E-state index contributed by atoms with van der Waals surface area (Å²) in [6.45, 7) is 4.78. The van der Waals surface area contributed by atoms with Crippen molar-refractivity contribution in [3.05, 3.63) is 193 Å². The zero-order chi connectivity index (χ0) is 37.1. The van der Waals surface area contributed by atoms with Gasteiger partial charge < -0.3 is 4.42 Å². The smallest absolute Gasteiger partial charge is 0.136 e. The van der Waals surface area contributed by atoms with Crippen molar-refractivity contribution in [3.8, 4) is 44.5 Å². The summed E-state index contributed by atoms with van der Waals surface area (Å²) in [5.41, 5.74) is 14.7. The summed E-state index contributed by atoms with van der Waals surface area (Å²) in [7, 11) is 0. The molecule has 0 fully saturated rings. The fourth-order valence-electron chi connectivity index (χ4n) is 10.1. The molecule has 1 nitrogen and oxygen atoms in total. The van der Waals surface area contributed by atoms with Crippen LogP contribution in [0.25, 0.3) is 110 Å². The minimum absolute atomic E-state index is 0.173. The maximum atomic E-state index is 6.31. The minimum Gasteiger partial charge on any atom is -0.456 e. The lowest BCUT2D eigenvalue weighted by Crippen LogP contribution is -2.15. The first-order chi connectivity index (χ1) is 27.5. The molecule has 0 unspecified atom stereocenters. The molecule has 12 rings (SSSR count). The van der Waals surface area contributed by atoms with Gasteiger partial charge in [0.05, 0.1) is 0 Å². The largest absolute Gasteiger partial charge is 0.456 e. The van der Waals surface area contributed by atoms with Crippen molar-refractivity contribution in [2.45, 2.75) is 19.3 Å². The Morgan fingerprint density at radius 3 is 1.61 bits per heavy atom. The van der Waals surface area contributed by atoms with E-state index >= 15 is 0 Å². The van der Waals surface area contributed by atoms with Crippen molar-refractivity contribution < 1.29 is 4.42 Å². The van der Waals surface area contributed by atoms with E-state index in [4.69, 9.17) is 4.42 Å². The van der Waals surface area contributed by atoms with Gasteiger partial charge in [-0.25, -0.2) is 0 Å². The monoisotopic (exact) mass is 712 g/mol. The Morgan fingerprint density at radius 1 is 0.321 bits per heavy atom. The van der Waals surface area contributed by atoms with Crippen molar-refractivity contribution >= 4 is 65.0 Å². The normalized spacial score (nSPS) is 13.3. The van der Waals surface area contributed by atoms with Gasteiger partial charge in [0.1, 0.15) is 11.2 Å². The van der Waals surface area contributed by atoms with E-state index in [-0.39, 0.29) is 5.41 Å². The number of furan rings is 1. The zero-order valence-electron chi connectivity index (χ0n) is 31.2. The van der Waals surface area contributed by atoms with E-state index in [2.05, 4.69) is 190 Å². The molecule has 0 spiro atoms. The molecule has 1 aliphatic carbocycles. The third-order valence-electron chi connectivity index (χ3n) is 12.7. The van der Waals surface area contributed by atoms with Crippen LogP contribution in [-0.2, 0) is 5.41 Å². The molecule has 1 aromatic heterocycles. The van der Waals surface area contributed by atoms with Gasteiger partial charge in [-0.3, -0.25) is 0 Å². The molecular formula is C55H36O. The highest BCUT2D eigenvalue weighted by molar-refractivity contribution is 6.24. The van der Waals surface area contributed by atoms with Gasteiger partial charge >= 0.3 is 0 Å². The summed E-state index contributed by atoms with van der Waals surface area (Å²) in [6, 6.07) is 67.2. The van der Waals surface area contributed by atoms with Crippen LogP contribution in [0.15, 0.2) is 186 Å². The average molecular weight is 713 g/mol. The molecule has 0 saturated heterocycles. The molecule has 0 amide bonds. The van der Waals surface area contributed by atoms with Crippen LogP contribution >= 0.6 is 0 Å². The van der Waals surface area contributed by atoms with Crippen LogP contribution in [0, 0.1) is 0 Å². The molecule has 11 aromatic rings. The van der Waals surface area contributed by atoms with Crippen molar-refractivity contribution in [2.24, 2.45) is 0 Å². The van der Waals surface area contributed by atoms with E-state index in [0.29, 0.717) is 0 Å². The van der Waals surface area contributed by atoms with E-state index < -0.39 is 0 Å². The first-order valence-corrected chi connectivity index (χ1v) is 19.6. The quantitative estimate of drug-likeness (QED) is 0.166. The number of rotatable bonds is 3. The van der Waals surface area contributed by atoms with Crippen LogP contribution in [0.5, 0.6) is 0 Å². The van der Waals surface area contributed by atoms with Crippen LogP contribution in [0.4, 0.5) is 0 Å². The zero-order valence-corrected chi connectivity index (χ0v) is 31.2. The van der Waals surface area contributed by atoms with E-state index in [1.54, 1.807) is 0 Å². The first-order valence-electron chi connectivity index (χ1n) is 19.6. The van der Waals surface area contributed by atoms with Gasteiger partial charge in [0.2, 0.25) is 0 Å². The van der Waals surface area contributed by atoms with Gasteiger partial charge in [-0.15, -0.1) is 0 Å². The van der Waals surface area contributed by atoms with E-state index in [1.165, 1.54) is 104 Å². The fraction of sp³-hybridized carbons (Fsp3) is 0.0545. The van der Waals surface area contributed by atoms with Crippen molar-refractivity contribution in [1.82, 2.24) is 0 Å². The lowest BCUT2D eigenvalue weighted by molar-refractivity contribution is 0.661. The molecule has 10 aromatic carbocycles. The molecule has 0 atom stereocenters. The molecule has 1 heteroatoms. The SMILES string of the molecule is CC1(C)c2cc(-c3c4ccccc4c(-c4ccc(-c5ccccc5)c5ccccc45)c4ccccc34)ccc2-c2c1ccc1cc3oc4ccccc4c3cc21. The number of fused-ring (bicyclic) bond motifs is 11. The molecule has 0 bridgehead atoms. The van der Waals surface area contributed by atoms with Crippen LogP contribution in [0.2, 0.25) is 0 Å². The van der Waals surface area contributed by atoms with Crippen molar-refractivity contribution in [2.75, 3.05) is 0 Å². The van der Waals surface area contributed by atoms with Gasteiger partial charge in [0.15, 0.2) is 0 Å². The van der Waals surface area contributed by atoms with Crippen molar-refractivity contribution in [1.29, 1.82) is 0 Å². The Balaban J connectivity index is 1.09. The van der Waals surface area contributed by atoms with Gasteiger partial charge in [-0.05, 0) is 123 Å². The summed E-state index contributed by atoms with van der Waals surface area (Å²) < 4.78 is 6.31. The third-order valence-corrected chi connectivity index (χ3v) is 12.7. The van der Waals surface area contributed by atoms with E-state index in [9.17, 15) is 0 Å². The molecule has 262 valence electrons. The maximum absolute atomic E-state index is 6.31. The highest BCUT2D eigenvalue weighted by atomic mass is 16.3. The lowest BCUT2D eigenvalue weighted by atomic mass is 9.80. The second-order valence-corrected chi connectivity index (χ2v) is 16.0. The number of benzene rings is 10. The number of para-hydroxylation sites is 1. The standard InChI is InChI=1S/C55H36O/c1-55(2)48-29-25-34-31-51-47(39-18-12-13-23-50(39)56-51)32-46(34)54(48)45-26-24-35(30-49(45)55)52-40-19-8-10-21-42(40)53(43-22-11-9-20-41(43)52)44-28-27-36(33-14-4-3-5-15-33)37-16-6-7-17-38(37)44/h3-32H,1-2H3. The highest BCUT2D eigenvalue weighted by Gasteiger charge is 2.37. The van der Waals surface area contributed by atoms with Gasteiger partial charge in [0, 0.05) is 16.2 Å². The van der Waals surface area contributed by atoms with Crippen LogP contribution in [-0.4, -0.2) is 0 Å². The van der Waals surface area contributed by atoms with E-state index in [1.807, 2.05) is 6.07 Å². The van der Waals surface area contributed by atoms with Gasteiger partial charge in [-0.2, -0.15) is 0 Å². The molecule has 56 heavy (non-hydrogen) atoms. The summed E-state index contributed by atoms with van der Waals surface area (Å²) in [4.78, 5) is 0. The molecule has 0 N–H and O–H groups in total. The lowest BCUT2D eigenvalue weighted by Gasteiger charge is -2.23. The second-order valence-electron chi connectivity index (χ2n) is 16.0.